The first kappa shape index (κ1) is 12.1. The molecule has 16 heavy (non-hydrogen) atoms. The number of fused-ring (bicyclic) bond motifs is 1. The molecule has 0 spiro atoms. The van der Waals surface area contributed by atoms with Crippen LogP contribution in [0.5, 0.6) is 0 Å². The molecule has 2 aliphatic carbocycles. The minimum Gasteiger partial charge on any atom is -0.389 e. The molecule has 0 aromatic heterocycles. The van der Waals surface area contributed by atoms with E-state index in [1.165, 1.54) is 12.8 Å². The van der Waals surface area contributed by atoms with E-state index in [4.69, 9.17) is 0 Å². The largest absolute Gasteiger partial charge is 0.389 e. The second-order valence-corrected chi connectivity index (χ2v) is 6.32. The molecule has 1 fully saturated rings. The van der Waals surface area contributed by atoms with Crippen molar-refractivity contribution in [3.8, 4) is 0 Å². The summed E-state index contributed by atoms with van der Waals surface area (Å²) in [5, 5.41) is 13.7. The van der Waals surface area contributed by atoms with Crippen molar-refractivity contribution in [1.29, 1.82) is 0 Å². The zero-order valence-electron chi connectivity index (χ0n) is 10.7. The number of hydrogen-bond acceptors (Lipinski definition) is 2. The van der Waals surface area contributed by atoms with Gasteiger partial charge in [-0.25, -0.2) is 0 Å². The normalized spacial score (nSPS) is 35.9. The SMILES string of the molecule is CC(C)CC(C)(O)CNC1CC2CC=CC21. The molecule has 4 unspecified atom stereocenters. The number of aliphatic hydroxyl groups is 1. The van der Waals surface area contributed by atoms with Gasteiger partial charge in [0.15, 0.2) is 0 Å². The van der Waals surface area contributed by atoms with E-state index >= 15 is 0 Å². The summed E-state index contributed by atoms with van der Waals surface area (Å²) in [5.41, 5.74) is -0.554. The molecule has 2 N–H and O–H groups in total. The molecule has 2 heteroatoms. The molecule has 2 nitrogen and oxygen atoms in total. The highest BCUT2D eigenvalue weighted by Gasteiger charge is 2.41. The third kappa shape index (κ3) is 2.67. The van der Waals surface area contributed by atoms with Crippen LogP contribution in [0.4, 0.5) is 0 Å². The van der Waals surface area contributed by atoms with Crippen molar-refractivity contribution in [1.82, 2.24) is 5.32 Å². The predicted octanol–water partition coefficient (Wildman–Crippen LogP) is 2.34. The van der Waals surface area contributed by atoms with Crippen molar-refractivity contribution in [2.24, 2.45) is 17.8 Å². The van der Waals surface area contributed by atoms with E-state index in [0.717, 1.165) is 24.8 Å². The van der Waals surface area contributed by atoms with E-state index < -0.39 is 5.60 Å². The van der Waals surface area contributed by atoms with Gasteiger partial charge in [0.2, 0.25) is 0 Å². The van der Waals surface area contributed by atoms with Crippen LogP contribution in [0.2, 0.25) is 0 Å². The fourth-order valence-electron chi connectivity index (χ4n) is 3.25. The summed E-state index contributed by atoms with van der Waals surface area (Å²) in [7, 11) is 0. The predicted molar refractivity (Wildman–Crippen MR) is 67.2 cm³/mol. The van der Waals surface area contributed by atoms with E-state index in [1.807, 2.05) is 6.92 Å². The van der Waals surface area contributed by atoms with Crippen molar-refractivity contribution in [3.63, 3.8) is 0 Å². The summed E-state index contributed by atoms with van der Waals surface area (Å²) in [5.74, 6) is 2.19. The molecule has 0 heterocycles. The zero-order valence-corrected chi connectivity index (χ0v) is 10.7. The lowest BCUT2D eigenvalue weighted by atomic mass is 9.71. The molecule has 0 aromatic carbocycles. The van der Waals surface area contributed by atoms with Crippen LogP contribution in [-0.2, 0) is 0 Å². The zero-order chi connectivity index (χ0) is 11.8. The Balaban J connectivity index is 1.73. The van der Waals surface area contributed by atoms with Crippen LogP contribution in [0, 0.1) is 17.8 Å². The summed E-state index contributed by atoms with van der Waals surface area (Å²) in [6.45, 7) is 6.99. The average Bonchev–Trinajstić information content (AvgIpc) is 2.45. The van der Waals surface area contributed by atoms with Crippen molar-refractivity contribution >= 4 is 0 Å². The van der Waals surface area contributed by atoms with Crippen LogP contribution in [0.3, 0.4) is 0 Å². The number of allylic oxidation sites excluding steroid dienone is 1. The Kier molecular flexibility index (Phi) is 3.41. The van der Waals surface area contributed by atoms with Gasteiger partial charge in [0, 0.05) is 12.6 Å². The van der Waals surface area contributed by atoms with Gasteiger partial charge in [-0.1, -0.05) is 26.0 Å². The molecular formula is C14H25NO. The van der Waals surface area contributed by atoms with E-state index in [9.17, 15) is 5.11 Å². The first-order valence-corrected chi connectivity index (χ1v) is 6.60. The maximum atomic E-state index is 10.2. The standard InChI is InChI=1S/C14H25NO/c1-10(2)8-14(3,16)9-15-13-7-11-5-4-6-12(11)13/h4,6,10-13,15-16H,5,7-9H2,1-3H3. The lowest BCUT2D eigenvalue weighted by Crippen LogP contribution is -2.52. The fraction of sp³-hybridized carbons (Fsp3) is 0.857. The Morgan fingerprint density at radius 1 is 1.50 bits per heavy atom. The van der Waals surface area contributed by atoms with Gasteiger partial charge in [-0.15, -0.1) is 0 Å². The van der Waals surface area contributed by atoms with Crippen LogP contribution < -0.4 is 5.32 Å². The van der Waals surface area contributed by atoms with E-state index in [2.05, 4.69) is 31.3 Å². The Bertz CT molecular complexity index is 270. The van der Waals surface area contributed by atoms with Gasteiger partial charge in [-0.05, 0) is 43.9 Å². The van der Waals surface area contributed by atoms with Crippen LogP contribution in [0.1, 0.15) is 40.0 Å². The Hall–Kier alpha value is -0.340. The molecule has 1 saturated carbocycles. The van der Waals surface area contributed by atoms with Gasteiger partial charge < -0.3 is 10.4 Å². The fourth-order valence-corrected chi connectivity index (χ4v) is 3.25. The molecule has 0 radical (unpaired) electrons. The summed E-state index contributed by atoms with van der Waals surface area (Å²) < 4.78 is 0. The smallest absolute Gasteiger partial charge is 0.0746 e. The average molecular weight is 223 g/mol. The van der Waals surface area contributed by atoms with E-state index in [0.29, 0.717) is 12.0 Å². The number of hydrogen-bond donors (Lipinski definition) is 2. The minimum atomic E-state index is -0.554. The van der Waals surface area contributed by atoms with Crippen molar-refractivity contribution in [3.05, 3.63) is 12.2 Å². The Labute approximate surface area is 99.1 Å². The van der Waals surface area contributed by atoms with Gasteiger partial charge in [0.25, 0.3) is 0 Å². The lowest BCUT2D eigenvalue weighted by molar-refractivity contribution is 0.0254. The van der Waals surface area contributed by atoms with Crippen molar-refractivity contribution in [2.75, 3.05) is 6.54 Å². The second-order valence-electron chi connectivity index (χ2n) is 6.32. The summed E-state index contributed by atoms with van der Waals surface area (Å²) in [6, 6.07) is 0.613. The summed E-state index contributed by atoms with van der Waals surface area (Å²) >= 11 is 0. The molecular weight excluding hydrogens is 198 g/mol. The lowest BCUT2D eigenvalue weighted by Gasteiger charge is -2.42. The monoisotopic (exact) mass is 223 g/mol. The molecule has 0 amide bonds. The van der Waals surface area contributed by atoms with Crippen LogP contribution >= 0.6 is 0 Å². The molecule has 4 atom stereocenters. The maximum absolute atomic E-state index is 10.2. The Morgan fingerprint density at radius 2 is 2.25 bits per heavy atom. The highest BCUT2D eigenvalue weighted by molar-refractivity contribution is 5.13. The van der Waals surface area contributed by atoms with Crippen LogP contribution in [-0.4, -0.2) is 23.3 Å². The van der Waals surface area contributed by atoms with Gasteiger partial charge >= 0.3 is 0 Å². The molecule has 2 rings (SSSR count). The summed E-state index contributed by atoms with van der Waals surface area (Å²) in [4.78, 5) is 0. The molecule has 0 bridgehead atoms. The van der Waals surface area contributed by atoms with Gasteiger partial charge in [-0.3, -0.25) is 0 Å². The van der Waals surface area contributed by atoms with E-state index in [-0.39, 0.29) is 0 Å². The molecule has 0 saturated heterocycles. The van der Waals surface area contributed by atoms with Gasteiger partial charge in [0.05, 0.1) is 5.60 Å². The van der Waals surface area contributed by atoms with Crippen molar-refractivity contribution < 1.29 is 5.11 Å². The summed E-state index contributed by atoms with van der Waals surface area (Å²) in [6.07, 6.45) is 8.09. The third-order valence-corrected chi connectivity index (χ3v) is 3.96. The minimum absolute atomic E-state index is 0.553. The third-order valence-electron chi connectivity index (χ3n) is 3.96. The molecule has 92 valence electrons. The van der Waals surface area contributed by atoms with E-state index in [1.54, 1.807) is 0 Å². The highest BCUT2D eigenvalue weighted by Crippen LogP contribution is 2.42. The van der Waals surface area contributed by atoms with Gasteiger partial charge in [-0.2, -0.15) is 0 Å². The van der Waals surface area contributed by atoms with Gasteiger partial charge in [0.1, 0.15) is 0 Å². The molecule has 2 aliphatic rings. The molecule has 0 aromatic rings. The first-order chi connectivity index (χ1) is 7.48. The second kappa shape index (κ2) is 4.50. The highest BCUT2D eigenvalue weighted by atomic mass is 16.3. The van der Waals surface area contributed by atoms with Crippen LogP contribution in [0.25, 0.3) is 0 Å². The maximum Gasteiger partial charge on any atom is 0.0746 e. The van der Waals surface area contributed by atoms with Crippen LogP contribution in [0.15, 0.2) is 12.2 Å². The first-order valence-electron chi connectivity index (χ1n) is 6.60. The number of rotatable bonds is 5. The topological polar surface area (TPSA) is 32.3 Å². The van der Waals surface area contributed by atoms with Crippen molar-refractivity contribution in [2.45, 2.75) is 51.7 Å². The number of nitrogens with one attached hydrogen (secondary N) is 1. The quantitative estimate of drug-likeness (QED) is 0.701. The Morgan fingerprint density at radius 3 is 2.88 bits per heavy atom. The molecule has 0 aliphatic heterocycles.